The van der Waals surface area contributed by atoms with Gasteiger partial charge in [-0.2, -0.15) is 0 Å². The lowest BCUT2D eigenvalue weighted by molar-refractivity contribution is -0.126. The molecule has 0 saturated carbocycles. The van der Waals surface area contributed by atoms with Gasteiger partial charge >= 0.3 is 0 Å². The van der Waals surface area contributed by atoms with E-state index in [1.54, 1.807) is 24.3 Å². The average Bonchev–Trinajstić information content (AvgIpc) is 2.60. The molecule has 2 amide bonds. The minimum atomic E-state index is -0.216. The van der Waals surface area contributed by atoms with E-state index in [1.807, 2.05) is 30.3 Å². The van der Waals surface area contributed by atoms with Crippen LogP contribution in [0.15, 0.2) is 54.6 Å². The van der Waals surface area contributed by atoms with Crippen LogP contribution in [0.25, 0.3) is 0 Å². The van der Waals surface area contributed by atoms with E-state index < -0.39 is 0 Å². The molecular formula is C18H19ClN2O3. The van der Waals surface area contributed by atoms with E-state index in [2.05, 4.69) is 10.6 Å². The molecule has 2 N–H and O–H groups in total. The maximum absolute atomic E-state index is 11.8. The van der Waals surface area contributed by atoms with Gasteiger partial charge in [-0.05, 0) is 29.8 Å². The molecule has 0 fully saturated rings. The van der Waals surface area contributed by atoms with Crippen LogP contribution in [0.3, 0.4) is 0 Å². The molecule has 0 bridgehead atoms. The Labute approximate surface area is 146 Å². The Bertz CT molecular complexity index is 660. The van der Waals surface area contributed by atoms with Crippen LogP contribution in [0.1, 0.15) is 15.9 Å². The van der Waals surface area contributed by atoms with E-state index in [0.717, 1.165) is 5.56 Å². The summed E-state index contributed by atoms with van der Waals surface area (Å²) in [7, 11) is 0. The number of ether oxygens (including phenoxy) is 1. The summed E-state index contributed by atoms with van der Waals surface area (Å²) in [4.78, 5) is 23.5. The summed E-state index contributed by atoms with van der Waals surface area (Å²) >= 11 is 5.77. The summed E-state index contributed by atoms with van der Waals surface area (Å²) in [6.45, 7) is 1.06. The van der Waals surface area contributed by atoms with Crippen molar-refractivity contribution in [2.24, 2.45) is 0 Å². The van der Waals surface area contributed by atoms with Gasteiger partial charge in [0.15, 0.2) is 0 Å². The summed E-state index contributed by atoms with van der Waals surface area (Å²) in [5.74, 6) is -0.423. The van der Waals surface area contributed by atoms with Crippen molar-refractivity contribution in [3.8, 4) is 0 Å². The van der Waals surface area contributed by atoms with Crippen LogP contribution in [0.5, 0.6) is 0 Å². The zero-order chi connectivity index (χ0) is 17.2. The highest BCUT2D eigenvalue weighted by Crippen LogP contribution is 2.09. The maximum Gasteiger partial charge on any atom is 0.251 e. The van der Waals surface area contributed by atoms with E-state index in [-0.39, 0.29) is 18.4 Å². The number of carbonyl (C=O) groups is 2. The Morgan fingerprint density at radius 3 is 2.29 bits per heavy atom. The third-order valence-corrected chi connectivity index (χ3v) is 3.44. The second-order valence-electron chi connectivity index (χ2n) is 5.09. The number of rotatable bonds is 8. The molecule has 5 nitrogen and oxygen atoms in total. The van der Waals surface area contributed by atoms with Crippen molar-refractivity contribution in [3.63, 3.8) is 0 Å². The maximum atomic E-state index is 11.8. The van der Waals surface area contributed by atoms with Gasteiger partial charge in [-0.1, -0.05) is 41.9 Å². The Morgan fingerprint density at radius 2 is 1.58 bits per heavy atom. The molecule has 0 spiro atoms. The largest absolute Gasteiger partial charge is 0.367 e. The molecule has 2 aromatic carbocycles. The minimum absolute atomic E-state index is 0.0139. The second-order valence-corrected chi connectivity index (χ2v) is 5.53. The van der Waals surface area contributed by atoms with Gasteiger partial charge in [-0.15, -0.1) is 0 Å². The topological polar surface area (TPSA) is 67.4 Å². The first-order valence-corrected chi connectivity index (χ1v) is 7.95. The molecule has 0 unspecified atom stereocenters. The molecule has 2 aromatic rings. The molecule has 24 heavy (non-hydrogen) atoms. The van der Waals surface area contributed by atoms with Crippen LogP contribution in [0, 0.1) is 0 Å². The van der Waals surface area contributed by atoms with Crippen molar-refractivity contribution in [3.05, 3.63) is 70.7 Å². The fraction of sp³-hybridized carbons (Fsp3) is 0.222. The number of hydrogen-bond acceptors (Lipinski definition) is 3. The van der Waals surface area contributed by atoms with Gasteiger partial charge in [-0.3, -0.25) is 9.59 Å². The van der Waals surface area contributed by atoms with Crippen LogP contribution in [0.2, 0.25) is 5.02 Å². The van der Waals surface area contributed by atoms with Gasteiger partial charge in [0.2, 0.25) is 5.91 Å². The highest BCUT2D eigenvalue weighted by molar-refractivity contribution is 6.30. The Balaban J connectivity index is 1.57. The summed E-state index contributed by atoms with van der Waals surface area (Å²) < 4.78 is 5.33. The molecule has 0 aliphatic carbocycles. The molecule has 0 atom stereocenters. The number of halogens is 1. The fourth-order valence-electron chi connectivity index (χ4n) is 1.97. The predicted octanol–water partition coefficient (Wildman–Crippen LogP) is 2.40. The van der Waals surface area contributed by atoms with Gasteiger partial charge in [0, 0.05) is 23.7 Å². The number of carbonyl (C=O) groups excluding carboxylic acids is 2. The molecule has 0 aliphatic heterocycles. The lowest BCUT2D eigenvalue weighted by atomic mass is 10.2. The third-order valence-electron chi connectivity index (χ3n) is 3.18. The lowest BCUT2D eigenvalue weighted by Crippen LogP contribution is -2.36. The van der Waals surface area contributed by atoms with E-state index >= 15 is 0 Å². The van der Waals surface area contributed by atoms with Gasteiger partial charge < -0.3 is 15.4 Å². The molecule has 0 heterocycles. The first-order chi connectivity index (χ1) is 11.6. The van der Waals surface area contributed by atoms with Crippen molar-refractivity contribution in [2.75, 3.05) is 19.7 Å². The van der Waals surface area contributed by atoms with E-state index in [4.69, 9.17) is 16.3 Å². The van der Waals surface area contributed by atoms with Crippen LogP contribution in [0.4, 0.5) is 0 Å². The highest BCUT2D eigenvalue weighted by atomic mass is 35.5. The lowest BCUT2D eigenvalue weighted by Gasteiger charge is -2.08. The van der Waals surface area contributed by atoms with Crippen molar-refractivity contribution in [1.82, 2.24) is 10.6 Å². The van der Waals surface area contributed by atoms with Crippen molar-refractivity contribution in [2.45, 2.75) is 6.61 Å². The molecule has 0 aromatic heterocycles. The van der Waals surface area contributed by atoms with Crippen molar-refractivity contribution < 1.29 is 14.3 Å². The van der Waals surface area contributed by atoms with E-state index in [9.17, 15) is 9.59 Å². The Morgan fingerprint density at radius 1 is 0.917 bits per heavy atom. The minimum Gasteiger partial charge on any atom is -0.367 e. The van der Waals surface area contributed by atoms with Crippen LogP contribution < -0.4 is 10.6 Å². The second kappa shape index (κ2) is 9.70. The van der Waals surface area contributed by atoms with Crippen molar-refractivity contribution >= 4 is 23.4 Å². The first kappa shape index (κ1) is 18.0. The first-order valence-electron chi connectivity index (χ1n) is 7.57. The molecule has 2 rings (SSSR count). The van der Waals surface area contributed by atoms with Crippen LogP contribution in [-0.2, 0) is 16.1 Å². The standard InChI is InChI=1S/C18H19ClN2O3/c19-16-8-6-15(7-9-16)18(23)21-11-10-20-17(22)13-24-12-14-4-2-1-3-5-14/h1-9H,10-13H2,(H,20,22)(H,21,23). The third kappa shape index (κ3) is 6.40. The SMILES string of the molecule is O=C(COCc1ccccc1)NCCNC(=O)c1ccc(Cl)cc1. The zero-order valence-corrected chi connectivity index (χ0v) is 13.9. The van der Waals surface area contributed by atoms with Gasteiger partial charge in [-0.25, -0.2) is 0 Å². The van der Waals surface area contributed by atoms with Crippen LogP contribution >= 0.6 is 11.6 Å². The molecule has 0 aliphatic rings. The van der Waals surface area contributed by atoms with E-state index in [0.29, 0.717) is 30.3 Å². The number of hydrogen-bond donors (Lipinski definition) is 2. The summed E-state index contributed by atoms with van der Waals surface area (Å²) in [5.41, 5.74) is 1.54. The molecule has 126 valence electrons. The normalized spacial score (nSPS) is 10.2. The van der Waals surface area contributed by atoms with E-state index in [1.165, 1.54) is 0 Å². The molecule has 0 saturated heterocycles. The number of benzene rings is 2. The summed E-state index contributed by atoms with van der Waals surface area (Å²) in [5, 5.41) is 5.98. The molecule has 0 radical (unpaired) electrons. The van der Waals surface area contributed by atoms with Gasteiger partial charge in [0.05, 0.1) is 6.61 Å². The summed E-state index contributed by atoms with van der Waals surface area (Å²) in [6, 6.07) is 16.2. The predicted molar refractivity (Wildman–Crippen MR) is 92.9 cm³/mol. The monoisotopic (exact) mass is 346 g/mol. The van der Waals surface area contributed by atoms with Crippen molar-refractivity contribution in [1.29, 1.82) is 0 Å². The zero-order valence-electron chi connectivity index (χ0n) is 13.1. The Hall–Kier alpha value is -2.37. The molecular weight excluding hydrogens is 328 g/mol. The summed E-state index contributed by atoms with van der Waals surface area (Å²) in [6.07, 6.45) is 0. The average molecular weight is 347 g/mol. The quantitative estimate of drug-likeness (QED) is 0.721. The fourth-order valence-corrected chi connectivity index (χ4v) is 2.09. The van der Waals surface area contributed by atoms with Crippen LogP contribution in [-0.4, -0.2) is 31.5 Å². The smallest absolute Gasteiger partial charge is 0.251 e. The van der Waals surface area contributed by atoms with Gasteiger partial charge in [0.1, 0.15) is 6.61 Å². The number of amides is 2. The Kier molecular flexibility index (Phi) is 7.26. The number of nitrogens with one attached hydrogen (secondary N) is 2. The van der Waals surface area contributed by atoms with Gasteiger partial charge in [0.25, 0.3) is 5.91 Å². The molecule has 6 heteroatoms. The highest BCUT2D eigenvalue weighted by Gasteiger charge is 2.05.